The molecule has 0 aromatic rings. The average molecular weight is 272 g/mol. The Hall–Kier alpha value is -0.240. The lowest BCUT2D eigenvalue weighted by Gasteiger charge is -2.29. The van der Waals surface area contributed by atoms with E-state index in [0.717, 1.165) is 38.6 Å². The predicted molar refractivity (Wildman–Crippen MR) is 75.8 cm³/mol. The highest BCUT2D eigenvalue weighted by atomic mass is 35.5. The van der Waals surface area contributed by atoms with Crippen LogP contribution in [0.2, 0.25) is 0 Å². The summed E-state index contributed by atoms with van der Waals surface area (Å²) in [5.41, 5.74) is -0.0380. The highest BCUT2D eigenvalue weighted by Crippen LogP contribution is 2.41. The van der Waals surface area contributed by atoms with Crippen molar-refractivity contribution in [3.63, 3.8) is 0 Å². The van der Waals surface area contributed by atoms with Gasteiger partial charge in [0.15, 0.2) is 0 Å². The van der Waals surface area contributed by atoms with Gasteiger partial charge in [-0.3, -0.25) is 4.79 Å². The molecule has 2 fully saturated rings. The summed E-state index contributed by atoms with van der Waals surface area (Å²) >= 11 is 6.11. The van der Waals surface area contributed by atoms with Gasteiger partial charge in [-0.15, -0.1) is 11.6 Å². The third kappa shape index (κ3) is 3.20. The maximum Gasteiger partial charge on any atom is 0.226 e. The number of carbonyl (C=O) groups excluding carboxylic acids is 1. The molecule has 0 aliphatic heterocycles. The second kappa shape index (κ2) is 6.27. The second-order valence-corrected chi connectivity index (χ2v) is 6.79. The minimum absolute atomic E-state index is 0.0380. The van der Waals surface area contributed by atoms with E-state index in [1.165, 1.54) is 25.7 Å². The zero-order valence-electron chi connectivity index (χ0n) is 11.5. The molecule has 2 saturated carbocycles. The van der Waals surface area contributed by atoms with Gasteiger partial charge in [0.05, 0.1) is 0 Å². The van der Waals surface area contributed by atoms with Crippen molar-refractivity contribution in [1.29, 1.82) is 0 Å². The standard InChI is InChI=1S/C15H26ClNO/c1-2-15(9-3-4-10-15)14(18)17-11-12-5-7-13(16)8-6-12/h12-13H,2-11H2,1H3,(H,17,18). The third-order valence-electron chi connectivity index (χ3n) is 5.05. The minimum Gasteiger partial charge on any atom is -0.355 e. The zero-order valence-corrected chi connectivity index (χ0v) is 12.3. The van der Waals surface area contributed by atoms with E-state index in [9.17, 15) is 4.79 Å². The number of nitrogens with one attached hydrogen (secondary N) is 1. The summed E-state index contributed by atoms with van der Waals surface area (Å²) in [6.45, 7) is 3.02. The van der Waals surface area contributed by atoms with Crippen LogP contribution >= 0.6 is 11.6 Å². The second-order valence-electron chi connectivity index (χ2n) is 6.17. The summed E-state index contributed by atoms with van der Waals surface area (Å²) in [6.07, 6.45) is 10.2. The molecule has 0 bridgehead atoms. The molecule has 2 nitrogen and oxygen atoms in total. The van der Waals surface area contributed by atoms with Crippen molar-refractivity contribution < 1.29 is 4.79 Å². The van der Waals surface area contributed by atoms with E-state index in [0.29, 0.717) is 17.2 Å². The van der Waals surface area contributed by atoms with E-state index < -0.39 is 0 Å². The first-order valence-electron chi connectivity index (χ1n) is 7.58. The number of carbonyl (C=O) groups is 1. The van der Waals surface area contributed by atoms with Crippen molar-refractivity contribution >= 4 is 17.5 Å². The summed E-state index contributed by atoms with van der Waals surface area (Å²) in [7, 11) is 0. The number of alkyl halides is 1. The van der Waals surface area contributed by atoms with E-state index in [4.69, 9.17) is 11.6 Å². The highest BCUT2D eigenvalue weighted by molar-refractivity contribution is 6.20. The van der Waals surface area contributed by atoms with E-state index in [1.54, 1.807) is 0 Å². The van der Waals surface area contributed by atoms with Crippen LogP contribution < -0.4 is 5.32 Å². The van der Waals surface area contributed by atoms with Crippen LogP contribution in [0.15, 0.2) is 0 Å². The fourth-order valence-electron chi connectivity index (χ4n) is 3.54. The van der Waals surface area contributed by atoms with Gasteiger partial charge in [-0.05, 0) is 50.9 Å². The summed E-state index contributed by atoms with van der Waals surface area (Å²) in [5, 5.41) is 3.59. The molecular formula is C15H26ClNO. The Labute approximate surface area is 116 Å². The van der Waals surface area contributed by atoms with Crippen LogP contribution in [-0.4, -0.2) is 17.8 Å². The largest absolute Gasteiger partial charge is 0.355 e. The van der Waals surface area contributed by atoms with Gasteiger partial charge < -0.3 is 5.32 Å². The maximum atomic E-state index is 12.4. The number of hydrogen-bond donors (Lipinski definition) is 1. The van der Waals surface area contributed by atoms with E-state index >= 15 is 0 Å². The molecule has 2 aliphatic rings. The molecule has 1 N–H and O–H groups in total. The maximum absolute atomic E-state index is 12.4. The lowest BCUT2D eigenvalue weighted by molar-refractivity contribution is -0.131. The van der Waals surface area contributed by atoms with Crippen LogP contribution in [0, 0.1) is 11.3 Å². The van der Waals surface area contributed by atoms with Gasteiger partial charge >= 0.3 is 0 Å². The molecule has 0 aromatic carbocycles. The topological polar surface area (TPSA) is 29.1 Å². The normalized spacial score (nSPS) is 31.2. The number of rotatable bonds is 4. The Bertz CT molecular complexity index is 278. The first kappa shape index (κ1) is 14.2. The lowest BCUT2D eigenvalue weighted by atomic mass is 9.82. The molecule has 0 heterocycles. The smallest absolute Gasteiger partial charge is 0.226 e. The number of halogens is 1. The molecular weight excluding hydrogens is 246 g/mol. The first-order valence-corrected chi connectivity index (χ1v) is 8.02. The fraction of sp³-hybridized carbons (Fsp3) is 0.933. The Kier molecular flexibility index (Phi) is 4.94. The Morgan fingerprint density at radius 3 is 2.39 bits per heavy atom. The van der Waals surface area contributed by atoms with Crippen LogP contribution in [0.5, 0.6) is 0 Å². The molecule has 0 aromatic heterocycles. The first-order chi connectivity index (χ1) is 8.66. The summed E-state index contributed by atoms with van der Waals surface area (Å²) in [5.74, 6) is 0.967. The summed E-state index contributed by atoms with van der Waals surface area (Å²) in [6, 6.07) is 0. The SMILES string of the molecule is CCC1(C(=O)NCC2CCC(Cl)CC2)CCCC1. The monoisotopic (exact) mass is 271 g/mol. The molecule has 0 saturated heterocycles. The van der Waals surface area contributed by atoms with Gasteiger partial charge in [-0.25, -0.2) is 0 Å². The van der Waals surface area contributed by atoms with Crippen LogP contribution in [-0.2, 0) is 4.79 Å². The number of hydrogen-bond acceptors (Lipinski definition) is 1. The molecule has 0 radical (unpaired) electrons. The van der Waals surface area contributed by atoms with Crippen LogP contribution in [0.3, 0.4) is 0 Å². The molecule has 2 rings (SSSR count). The summed E-state index contributed by atoms with van der Waals surface area (Å²) in [4.78, 5) is 12.4. The third-order valence-corrected chi connectivity index (χ3v) is 5.48. The highest BCUT2D eigenvalue weighted by Gasteiger charge is 2.39. The van der Waals surface area contributed by atoms with Crippen molar-refractivity contribution in [2.24, 2.45) is 11.3 Å². The molecule has 0 atom stereocenters. The van der Waals surface area contributed by atoms with Crippen LogP contribution in [0.1, 0.15) is 64.7 Å². The quantitative estimate of drug-likeness (QED) is 0.773. The van der Waals surface area contributed by atoms with Crippen molar-refractivity contribution in [1.82, 2.24) is 5.32 Å². The van der Waals surface area contributed by atoms with Gasteiger partial charge in [-0.2, -0.15) is 0 Å². The van der Waals surface area contributed by atoms with E-state index in [1.807, 2.05) is 0 Å². The summed E-state index contributed by atoms with van der Waals surface area (Å²) < 4.78 is 0. The van der Waals surface area contributed by atoms with Gasteiger partial charge in [0, 0.05) is 17.3 Å². The lowest BCUT2D eigenvalue weighted by Crippen LogP contribution is -2.41. The van der Waals surface area contributed by atoms with Gasteiger partial charge in [-0.1, -0.05) is 19.8 Å². The van der Waals surface area contributed by atoms with Gasteiger partial charge in [0.25, 0.3) is 0 Å². The minimum atomic E-state index is -0.0380. The van der Waals surface area contributed by atoms with Crippen molar-refractivity contribution in [2.75, 3.05) is 6.54 Å². The molecule has 3 heteroatoms. The molecule has 18 heavy (non-hydrogen) atoms. The van der Waals surface area contributed by atoms with Crippen LogP contribution in [0.25, 0.3) is 0 Å². The predicted octanol–water partition coefficient (Wildman–Crippen LogP) is 3.87. The van der Waals surface area contributed by atoms with Gasteiger partial charge in [0.1, 0.15) is 0 Å². The molecule has 1 amide bonds. The molecule has 104 valence electrons. The van der Waals surface area contributed by atoms with E-state index in [-0.39, 0.29) is 5.41 Å². The van der Waals surface area contributed by atoms with Gasteiger partial charge in [0.2, 0.25) is 5.91 Å². The Morgan fingerprint density at radius 2 is 1.83 bits per heavy atom. The fourth-order valence-corrected chi connectivity index (χ4v) is 3.80. The Morgan fingerprint density at radius 1 is 1.22 bits per heavy atom. The number of amides is 1. The molecule has 0 spiro atoms. The molecule has 0 unspecified atom stereocenters. The van der Waals surface area contributed by atoms with Crippen molar-refractivity contribution in [3.8, 4) is 0 Å². The zero-order chi connectivity index (χ0) is 13.0. The van der Waals surface area contributed by atoms with Crippen LogP contribution in [0.4, 0.5) is 0 Å². The van der Waals surface area contributed by atoms with E-state index in [2.05, 4.69) is 12.2 Å². The average Bonchev–Trinajstić information content (AvgIpc) is 2.88. The molecule has 2 aliphatic carbocycles. The Balaban J connectivity index is 1.77. The van der Waals surface area contributed by atoms with Crippen molar-refractivity contribution in [2.45, 2.75) is 70.1 Å². The van der Waals surface area contributed by atoms with Crippen molar-refractivity contribution in [3.05, 3.63) is 0 Å².